The Morgan fingerprint density at radius 3 is 2.14 bits per heavy atom. The van der Waals surface area contributed by atoms with Crippen LogP contribution in [0.2, 0.25) is 0 Å². The highest BCUT2D eigenvalue weighted by Gasteiger charge is 2.26. The van der Waals surface area contributed by atoms with Gasteiger partial charge in [0.2, 0.25) is 0 Å². The molecule has 0 fully saturated rings. The number of thioether (sulfide) groups is 1. The summed E-state index contributed by atoms with van der Waals surface area (Å²) in [6.07, 6.45) is 6.79. The number of aromatic hydroxyl groups is 1. The first-order valence-corrected chi connectivity index (χ1v) is 10.8. The highest BCUT2D eigenvalue weighted by molar-refractivity contribution is 7.99. The van der Waals surface area contributed by atoms with E-state index in [2.05, 4.69) is 80.6 Å². The second-order valence-electron chi connectivity index (χ2n) is 9.40. The highest BCUT2D eigenvalue weighted by atomic mass is 32.2. The molecule has 0 amide bonds. The van der Waals surface area contributed by atoms with Gasteiger partial charge in [-0.3, -0.25) is 0 Å². The number of nitrogens with zero attached hydrogens (tertiary/aromatic N) is 3. The predicted molar refractivity (Wildman–Crippen MR) is 121 cm³/mol. The fourth-order valence-electron chi connectivity index (χ4n) is 3.29. The number of aromatic nitrogens is 3. The van der Waals surface area contributed by atoms with Crippen LogP contribution in [-0.2, 0) is 17.4 Å². The maximum absolute atomic E-state index is 10.8. The van der Waals surface area contributed by atoms with Crippen molar-refractivity contribution in [1.29, 1.82) is 0 Å². The molecule has 0 aliphatic carbocycles. The van der Waals surface area contributed by atoms with Gasteiger partial charge in [-0.1, -0.05) is 41.5 Å². The Kier molecular flexibility index (Phi) is 7.01. The summed E-state index contributed by atoms with van der Waals surface area (Å²) in [5.41, 5.74) is 3.76. The van der Waals surface area contributed by atoms with Gasteiger partial charge in [0.15, 0.2) is 0 Å². The molecule has 0 aromatic heterocycles. The average Bonchev–Trinajstić information content (AvgIpc) is 3.05. The number of benzene rings is 1. The zero-order valence-corrected chi connectivity index (χ0v) is 19.1. The Morgan fingerprint density at radius 1 is 0.966 bits per heavy atom. The van der Waals surface area contributed by atoms with E-state index in [1.165, 1.54) is 4.90 Å². The lowest BCUT2D eigenvalue weighted by Crippen LogP contribution is -2.17. The molecule has 158 valence electrons. The topological polar surface area (TPSA) is 82.4 Å². The number of hydrogen-bond donors (Lipinski definition) is 1. The summed E-state index contributed by atoms with van der Waals surface area (Å²) in [7, 11) is 0. The maximum Gasteiger partial charge on any atom is 0.123 e. The first kappa shape index (κ1) is 23.2. The summed E-state index contributed by atoms with van der Waals surface area (Å²) in [5, 5.41) is 10.8. The zero-order valence-electron chi connectivity index (χ0n) is 18.3. The van der Waals surface area contributed by atoms with E-state index in [0.29, 0.717) is 5.75 Å². The second kappa shape index (κ2) is 8.76. The van der Waals surface area contributed by atoms with Crippen molar-refractivity contribution in [3.8, 4) is 17.1 Å². The van der Waals surface area contributed by atoms with E-state index in [1.807, 2.05) is 17.8 Å². The van der Waals surface area contributed by atoms with Gasteiger partial charge in [0.1, 0.15) is 17.8 Å². The van der Waals surface area contributed by atoms with E-state index in [-0.39, 0.29) is 16.3 Å². The molecule has 2 aliphatic heterocycles. The van der Waals surface area contributed by atoms with Crippen LogP contribution in [0.4, 0.5) is 0 Å². The summed E-state index contributed by atoms with van der Waals surface area (Å²) >= 11 is 1.86. The van der Waals surface area contributed by atoms with Crippen molar-refractivity contribution < 1.29 is 10.6 Å². The lowest BCUT2D eigenvalue weighted by atomic mass is 9.79. The molecule has 29 heavy (non-hydrogen) atoms. The van der Waals surface area contributed by atoms with Gasteiger partial charge < -0.3 is 15.1 Å². The summed E-state index contributed by atoms with van der Waals surface area (Å²) in [5.74, 6) is 1.47. The van der Waals surface area contributed by atoms with Gasteiger partial charge in [-0.05, 0) is 41.2 Å². The van der Waals surface area contributed by atoms with Crippen LogP contribution in [0.3, 0.4) is 0 Å². The van der Waals surface area contributed by atoms with Gasteiger partial charge >= 0.3 is 0 Å². The Morgan fingerprint density at radius 2 is 1.55 bits per heavy atom. The number of hydrogen-bond acceptors (Lipinski definition) is 4. The van der Waals surface area contributed by atoms with Gasteiger partial charge in [-0.15, -0.1) is 11.8 Å². The number of phenolic OH excluding ortho intramolecular Hbond substituents is 1. The standard InChI is InChI=1S/C23H31N3OS.H2O/c1-22(2,3)17-12-16(13-18(21(17)27)23(4,5)6)28-11-7-9-26-10-8-19-20(14-26)25-15-24-19;/h8,10,12-15,27H,7,9,11H2,1-6H3;1H2. The van der Waals surface area contributed by atoms with E-state index in [4.69, 9.17) is 0 Å². The minimum atomic E-state index is -0.0908. The molecule has 0 saturated heterocycles. The summed E-state index contributed by atoms with van der Waals surface area (Å²) in [6, 6.07) is 6.34. The molecule has 1 aromatic rings. The number of rotatable bonds is 5. The Labute approximate surface area is 178 Å². The number of aryl methyl sites for hydroxylation is 1. The van der Waals surface area contributed by atoms with E-state index < -0.39 is 0 Å². The van der Waals surface area contributed by atoms with Crippen molar-refractivity contribution in [2.75, 3.05) is 5.75 Å². The van der Waals surface area contributed by atoms with Crippen LogP contribution < -0.4 is 0 Å². The molecular formula is C23H33N3O2S. The first-order valence-electron chi connectivity index (χ1n) is 9.83. The molecular weight excluding hydrogens is 382 g/mol. The third kappa shape index (κ3) is 5.52. The number of phenols is 1. The summed E-state index contributed by atoms with van der Waals surface area (Å²) in [4.78, 5) is 9.71. The number of fused-ring (bicyclic) bond motifs is 1. The third-order valence-corrected chi connectivity index (χ3v) is 5.96. The quantitative estimate of drug-likeness (QED) is 0.467. The molecule has 3 N–H and O–H groups in total. The normalized spacial score (nSPS) is 12.2. The number of imidazole rings is 1. The Hall–Kier alpha value is -2.05. The molecule has 5 nitrogen and oxygen atoms in total. The molecule has 2 heterocycles. The largest absolute Gasteiger partial charge is 0.507 e. The van der Waals surface area contributed by atoms with Crippen LogP contribution in [0.1, 0.15) is 59.1 Å². The molecule has 0 unspecified atom stereocenters. The smallest absolute Gasteiger partial charge is 0.123 e. The lowest BCUT2D eigenvalue weighted by molar-refractivity contribution is 0.422. The van der Waals surface area contributed by atoms with Gasteiger partial charge in [0.25, 0.3) is 0 Å². The monoisotopic (exact) mass is 415 g/mol. The molecule has 0 atom stereocenters. The van der Waals surface area contributed by atoms with Crippen LogP contribution in [0.5, 0.6) is 5.75 Å². The van der Waals surface area contributed by atoms with Crippen molar-refractivity contribution in [2.24, 2.45) is 0 Å². The van der Waals surface area contributed by atoms with E-state index in [0.717, 1.165) is 41.2 Å². The van der Waals surface area contributed by atoms with E-state index in [9.17, 15) is 5.11 Å². The Bertz CT molecular complexity index is 887. The highest BCUT2D eigenvalue weighted by Crippen LogP contribution is 2.41. The van der Waals surface area contributed by atoms with Crippen molar-refractivity contribution in [3.05, 3.63) is 48.0 Å². The summed E-state index contributed by atoms with van der Waals surface area (Å²) < 4.78 is 2.18. The van der Waals surface area contributed by atoms with Crippen molar-refractivity contribution in [2.45, 2.75) is 70.2 Å². The van der Waals surface area contributed by atoms with E-state index in [1.54, 1.807) is 6.33 Å². The maximum atomic E-state index is 10.8. The summed E-state index contributed by atoms with van der Waals surface area (Å²) in [6.45, 7) is 13.9. The number of pyridine rings is 1. The minimum Gasteiger partial charge on any atom is -0.507 e. The second-order valence-corrected chi connectivity index (χ2v) is 10.6. The van der Waals surface area contributed by atoms with Gasteiger partial charge in [-0.2, -0.15) is 0 Å². The average molecular weight is 416 g/mol. The SMILES string of the molecule is CC(C)(C)c1cc(SCCCn2ccc3ncnc-3c2)cc(C(C)(C)C)c1O.O. The fraction of sp³-hybridized carbons (Fsp3) is 0.478. The van der Waals surface area contributed by atoms with Crippen LogP contribution in [0.15, 0.2) is 41.8 Å². The fourth-order valence-corrected chi connectivity index (χ4v) is 4.20. The van der Waals surface area contributed by atoms with Crippen molar-refractivity contribution in [1.82, 2.24) is 14.5 Å². The molecule has 0 spiro atoms. The van der Waals surface area contributed by atoms with E-state index >= 15 is 0 Å². The molecule has 3 rings (SSSR count). The van der Waals surface area contributed by atoms with Crippen LogP contribution in [0, 0.1) is 0 Å². The van der Waals surface area contributed by atoms with Gasteiger partial charge in [0.05, 0.1) is 5.69 Å². The third-order valence-electron chi connectivity index (χ3n) is 4.90. The molecule has 2 aliphatic rings. The molecule has 1 aromatic carbocycles. The van der Waals surface area contributed by atoms with Gasteiger partial charge in [0, 0.05) is 35.0 Å². The molecule has 0 saturated carbocycles. The predicted octanol–water partition coefficient (Wildman–Crippen LogP) is 5.04. The minimum absolute atomic E-state index is 0. The lowest BCUT2D eigenvalue weighted by Gasteiger charge is -2.28. The zero-order chi connectivity index (χ0) is 20.5. The molecule has 6 heteroatoms. The Balaban J connectivity index is 0.00000300. The first-order chi connectivity index (χ1) is 13.1. The van der Waals surface area contributed by atoms with Gasteiger partial charge in [-0.25, -0.2) is 9.97 Å². The molecule has 0 bridgehead atoms. The van der Waals surface area contributed by atoms with Crippen LogP contribution >= 0.6 is 11.8 Å². The van der Waals surface area contributed by atoms with Crippen molar-refractivity contribution >= 4 is 11.8 Å². The van der Waals surface area contributed by atoms with Crippen LogP contribution in [0.25, 0.3) is 11.4 Å². The van der Waals surface area contributed by atoms with Crippen molar-refractivity contribution in [3.63, 3.8) is 0 Å². The van der Waals surface area contributed by atoms with Crippen LogP contribution in [-0.4, -0.2) is 30.9 Å². The molecule has 0 radical (unpaired) electrons.